The molecule has 0 fully saturated rings. The van der Waals surface area contributed by atoms with E-state index in [1.54, 1.807) is 0 Å². The number of para-hydroxylation sites is 1. The number of hydrogen-bond donors (Lipinski definition) is 1. The Hall–Kier alpha value is -3.57. The first-order valence-corrected chi connectivity index (χ1v) is 12.1. The van der Waals surface area contributed by atoms with E-state index in [9.17, 15) is 0 Å². The maximum Gasteiger partial charge on any atom is 2.00 e. The molecule has 0 radical (unpaired) electrons. The standard InChI is InChI=1S/C35H25N.U/c1-24(26-11-5-3-6-12-26)21-25(2)30-19-17-28(22-32(30)27-13-7-4-8-14-27)29-18-20-35-33(23-29)31-15-9-10-16-34(31)36-35;/h3-13,15-21,23,36H,2H2,1H3;/q-2;+2/b24-21+;. The summed E-state index contributed by atoms with van der Waals surface area (Å²) in [6, 6.07) is 44.9. The second kappa shape index (κ2) is 10.8. The smallest absolute Gasteiger partial charge is 0.355 e. The van der Waals surface area contributed by atoms with Gasteiger partial charge in [0.2, 0.25) is 0 Å². The second-order valence-corrected chi connectivity index (χ2v) is 9.09. The molecule has 1 N–H and O–H groups in total. The van der Waals surface area contributed by atoms with Crippen LogP contribution < -0.4 is 0 Å². The Bertz CT molecular complexity index is 1740. The van der Waals surface area contributed by atoms with Gasteiger partial charge in [-0.1, -0.05) is 84.5 Å². The van der Waals surface area contributed by atoms with Gasteiger partial charge in [-0.25, -0.2) is 5.56 Å². The first-order chi connectivity index (χ1) is 17.7. The molecule has 0 atom stereocenters. The van der Waals surface area contributed by atoms with Crippen LogP contribution in [0, 0.1) is 43.2 Å². The van der Waals surface area contributed by atoms with Crippen LogP contribution in [0.5, 0.6) is 0 Å². The van der Waals surface area contributed by atoms with Crippen molar-refractivity contribution in [3.8, 4) is 22.3 Å². The van der Waals surface area contributed by atoms with Crippen molar-refractivity contribution in [3.05, 3.63) is 145 Å². The number of H-pyrrole nitrogens is 1. The fraction of sp³-hybridized carbons (Fsp3) is 0.0286. The minimum atomic E-state index is 0. The van der Waals surface area contributed by atoms with Crippen molar-refractivity contribution >= 4 is 33.0 Å². The molecule has 6 aromatic rings. The molecule has 1 nitrogen and oxygen atoms in total. The van der Waals surface area contributed by atoms with Crippen molar-refractivity contribution in [3.63, 3.8) is 0 Å². The summed E-state index contributed by atoms with van der Waals surface area (Å²) in [6.07, 6.45) is 2.16. The van der Waals surface area contributed by atoms with Crippen LogP contribution >= 0.6 is 0 Å². The summed E-state index contributed by atoms with van der Waals surface area (Å²) in [5.41, 5.74) is 10.9. The summed E-state index contributed by atoms with van der Waals surface area (Å²) in [7, 11) is 0. The van der Waals surface area contributed by atoms with Gasteiger partial charge in [-0.05, 0) is 30.2 Å². The summed E-state index contributed by atoms with van der Waals surface area (Å²) in [5.74, 6) is 0. The molecule has 0 aliphatic carbocycles. The molecule has 0 amide bonds. The van der Waals surface area contributed by atoms with Crippen molar-refractivity contribution in [1.82, 2.24) is 4.98 Å². The van der Waals surface area contributed by atoms with Crippen molar-refractivity contribution in [2.24, 2.45) is 0 Å². The van der Waals surface area contributed by atoms with Gasteiger partial charge >= 0.3 is 31.1 Å². The van der Waals surface area contributed by atoms with Gasteiger partial charge in [0.05, 0.1) is 0 Å². The Kier molecular flexibility index (Phi) is 7.34. The maximum atomic E-state index is 4.43. The van der Waals surface area contributed by atoms with E-state index in [1.165, 1.54) is 21.9 Å². The molecular formula is C35H25NU. The number of benzene rings is 5. The number of rotatable bonds is 5. The predicted molar refractivity (Wildman–Crippen MR) is 153 cm³/mol. The van der Waals surface area contributed by atoms with E-state index < -0.39 is 0 Å². The topological polar surface area (TPSA) is 15.8 Å². The molecule has 0 aliphatic heterocycles. The van der Waals surface area contributed by atoms with Gasteiger partial charge in [0, 0.05) is 21.8 Å². The molecule has 0 spiro atoms. The van der Waals surface area contributed by atoms with Crippen LogP contribution in [0.4, 0.5) is 0 Å². The van der Waals surface area contributed by atoms with Gasteiger partial charge in [-0.2, -0.15) is 35.9 Å². The molecule has 2 heteroatoms. The molecule has 1 heterocycles. The van der Waals surface area contributed by atoms with E-state index in [-0.39, 0.29) is 31.1 Å². The van der Waals surface area contributed by atoms with Crippen molar-refractivity contribution in [2.45, 2.75) is 6.92 Å². The number of aromatic amines is 1. The van der Waals surface area contributed by atoms with Gasteiger partial charge in [-0.15, -0.1) is 29.3 Å². The van der Waals surface area contributed by atoms with E-state index in [1.807, 2.05) is 24.3 Å². The fourth-order valence-corrected chi connectivity index (χ4v) is 4.83. The van der Waals surface area contributed by atoms with E-state index in [4.69, 9.17) is 0 Å². The van der Waals surface area contributed by atoms with Gasteiger partial charge in [0.1, 0.15) is 0 Å². The SMILES string of the molecule is C=C(/C=C(\C)c1ccccc1)c1ccc(-c2ccc3[nH]c4ccccc4c3c2)[c-]c1-c1[c-]cccc1.[U+2]. The zero-order valence-electron chi connectivity index (χ0n) is 20.7. The van der Waals surface area contributed by atoms with Gasteiger partial charge < -0.3 is 4.98 Å². The number of nitrogens with one attached hydrogen (secondary N) is 1. The molecule has 0 unspecified atom stereocenters. The number of aromatic nitrogens is 1. The third-order valence-corrected chi connectivity index (χ3v) is 6.71. The van der Waals surface area contributed by atoms with Gasteiger partial charge in [0.15, 0.2) is 0 Å². The Morgan fingerprint density at radius 1 is 0.757 bits per heavy atom. The largest absolute Gasteiger partial charge is 2.00 e. The molecule has 0 aliphatic rings. The first kappa shape index (κ1) is 25.1. The second-order valence-electron chi connectivity index (χ2n) is 9.09. The third-order valence-electron chi connectivity index (χ3n) is 6.71. The molecular weight excluding hydrogens is 672 g/mol. The summed E-state index contributed by atoms with van der Waals surface area (Å²) in [4.78, 5) is 3.52. The molecule has 0 saturated carbocycles. The Morgan fingerprint density at radius 2 is 1.51 bits per heavy atom. The number of allylic oxidation sites excluding steroid dienone is 3. The normalized spacial score (nSPS) is 11.4. The van der Waals surface area contributed by atoms with Crippen LogP contribution in [0.2, 0.25) is 0 Å². The minimum absolute atomic E-state index is 0. The van der Waals surface area contributed by atoms with E-state index >= 15 is 0 Å². The average Bonchev–Trinajstić information content (AvgIpc) is 3.31. The summed E-state index contributed by atoms with van der Waals surface area (Å²) >= 11 is 0. The monoisotopic (exact) mass is 697 g/mol. The maximum absolute atomic E-state index is 4.43. The van der Waals surface area contributed by atoms with Crippen LogP contribution in [-0.4, -0.2) is 4.98 Å². The van der Waals surface area contributed by atoms with Crippen LogP contribution in [0.25, 0.3) is 55.2 Å². The Morgan fingerprint density at radius 3 is 2.32 bits per heavy atom. The van der Waals surface area contributed by atoms with Gasteiger partial charge in [-0.3, -0.25) is 0 Å². The van der Waals surface area contributed by atoms with Crippen molar-refractivity contribution in [2.75, 3.05) is 0 Å². The van der Waals surface area contributed by atoms with Crippen LogP contribution in [-0.2, 0) is 0 Å². The van der Waals surface area contributed by atoms with Crippen LogP contribution in [0.3, 0.4) is 0 Å². The van der Waals surface area contributed by atoms with E-state index in [2.05, 4.69) is 122 Å². The van der Waals surface area contributed by atoms with Crippen LogP contribution in [0.1, 0.15) is 18.1 Å². The molecule has 174 valence electrons. The molecule has 0 bridgehead atoms. The first-order valence-electron chi connectivity index (χ1n) is 12.1. The number of fused-ring (bicyclic) bond motifs is 3. The summed E-state index contributed by atoms with van der Waals surface area (Å²) in [6.45, 7) is 6.56. The Balaban J connectivity index is 0.00000280. The van der Waals surface area contributed by atoms with Gasteiger partial charge in [0.25, 0.3) is 0 Å². The minimum Gasteiger partial charge on any atom is -0.355 e. The molecule has 0 saturated heterocycles. The molecule has 5 aromatic carbocycles. The van der Waals surface area contributed by atoms with Crippen molar-refractivity contribution in [1.29, 1.82) is 0 Å². The quantitative estimate of drug-likeness (QED) is 0.137. The molecule has 1 aromatic heterocycles. The predicted octanol–water partition coefficient (Wildman–Crippen LogP) is 9.37. The summed E-state index contributed by atoms with van der Waals surface area (Å²) < 4.78 is 0. The van der Waals surface area contributed by atoms with E-state index in [0.29, 0.717) is 0 Å². The van der Waals surface area contributed by atoms with E-state index in [0.717, 1.165) is 44.4 Å². The number of hydrogen-bond acceptors (Lipinski definition) is 0. The third kappa shape index (κ3) is 5.01. The zero-order valence-corrected chi connectivity index (χ0v) is 24.8. The molecule has 37 heavy (non-hydrogen) atoms. The summed E-state index contributed by atoms with van der Waals surface area (Å²) in [5, 5.41) is 2.46. The fourth-order valence-electron chi connectivity index (χ4n) is 4.83. The average molecular weight is 698 g/mol. The zero-order chi connectivity index (χ0) is 24.5. The Labute approximate surface area is 242 Å². The van der Waals surface area contributed by atoms with Crippen molar-refractivity contribution < 1.29 is 31.1 Å². The van der Waals surface area contributed by atoms with Crippen LogP contribution in [0.15, 0.2) is 122 Å². The molecule has 6 rings (SSSR count).